The Morgan fingerprint density at radius 1 is 1.16 bits per heavy atom. The van der Waals surface area contributed by atoms with Gasteiger partial charge in [0, 0.05) is 11.3 Å². The van der Waals surface area contributed by atoms with Gasteiger partial charge in [-0.3, -0.25) is 9.59 Å². The van der Waals surface area contributed by atoms with E-state index in [2.05, 4.69) is 9.97 Å². The summed E-state index contributed by atoms with van der Waals surface area (Å²) in [4.78, 5) is 29.5. The zero-order valence-electron chi connectivity index (χ0n) is 12.7. The number of aryl methyl sites for hydroxylation is 1. The molecule has 0 atom stereocenters. The molecule has 0 fully saturated rings. The van der Waals surface area contributed by atoms with E-state index in [1.807, 2.05) is 0 Å². The predicted octanol–water partition coefficient (Wildman–Crippen LogP) is 3.87. The molecule has 0 aliphatic heterocycles. The van der Waals surface area contributed by atoms with E-state index in [0.717, 1.165) is 0 Å². The van der Waals surface area contributed by atoms with Crippen LogP contribution in [0.1, 0.15) is 21.6 Å². The number of aldehydes is 1. The van der Waals surface area contributed by atoms with E-state index in [-0.39, 0.29) is 28.8 Å². The third-order valence-corrected chi connectivity index (χ3v) is 3.79. The average molecular weight is 350 g/mol. The van der Waals surface area contributed by atoms with Gasteiger partial charge in [0.1, 0.15) is 5.56 Å². The minimum Gasteiger partial charge on any atom is -0.357 e. The molecule has 4 nitrogen and oxygen atoms in total. The van der Waals surface area contributed by atoms with E-state index in [4.69, 9.17) is 0 Å². The normalized spacial score (nSPS) is 11.7. The van der Waals surface area contributed by atoms with E-state index in [1.165, 1.54) is 19.1 Å². The van der Waals surface area contributed by atoms with Crippen molar-refractivity contribution in [3.63, 3.8) is 0 Å². The number of alkyl halides is 3. The van der Waals surface area contributed by atoms with Crippen LogP contribution in [0.4, 0.5) is 17.6 Å². The molecule has 2 heterocycles. The summed E-state index contributed by atoms with van der Waals surface area (Å²) in [6.07, 6.45) is -4.82. The smallest absolute Gasteiger partial charge is 0.357 e. The number of nitrogens with one attached hydrogen (secondary N) is 1. The second-order valence-corrected chi connectivity index (χ2v) is 5.35. The molecule has 0 amide bonds. The Kier molecular flexibility index (Phi) is 3.90. The van der Waals surface area contributed by atoms with E-state index in [0.29, 0.717) is 0 Å². The summed E-state index contributed by atoms with van der Waals surface area (Å²) in [7, 11) is 0. The molecule has 0 aliphatic rings. The number of carbonyl (C=O) groups is 1. The molecular formula is C17H10F4N2O2. The number of benzene rings is 1. The first-order valence-corrected chi connectivity index (χ1v) is 7.09. The Balaban J connectivity index is 2.60. The lowest BCUT2D eigenvalue weighted by Crippen LogP contribution is -2.19. The second kappa shape index (κ2) is 5.80. The van der Waals surface area contributed by atoms with Gasteiger partial charge in [-0.25, -0.2) is 4.98 Å². The third kappa shape index (κ3) is 2.69. The molecular weight excluding hydrogens is 340 g/mol. The number of carbonyl (C=O) groups excluding carboxylic acids is 1. The highest BCUT2D eigenvalue weighted by atomic mass is 19.4. The third-order valence-electron chi connectivity index (χ3n) is 3.79. The van der Waals surface area contributed by atoms with E-state index in [9.17, 15) is 27.2 Å². The highest BCUT2D eigenvalue weighted by molar-refractivity contribution is 5.97. The molecule has 0 aliphatic carbocycles. The molecule has 0 radical (unpaired) electrons. The molecule has 1 N–H and O–H groups in total. The quantitative estimate of drug-likeness (QED) is 0.434. The number of fused-ring (bicyclic) bond motifs is 1. The highest BCUT2D eigenvalue weighted by Gasteiger charge is 2.39. The standard InChI is InChI=1S/C17H10F4N2O2/c1-8-10(7-24)15(25)11-13(9-5-3-2-4-6-9)23-16(18)12(14(11)22-8)17(19,20)21/h2-7H,1H3,(H,22,25). The number of aromatic amines is 1. The summed E-state index contributed by atoms with van der Waals surface area (Å²) >= 11 is 0. The first-order valence-electron chi connectivity index (χ1n) is 7.09. The number of hydrogen-bond donors (Lipinski definition) is 1. The maximum absolute atomic E-state index is 14.2. The number of H-pyrrole nitrogens is 1. The zero-order valence-corrected chi connectivity index (χ0v) is 12.7. The highest BCUT2D eigenvalue weighted by Crippen LogP contribution is 2.37. The molecule has 0 saturated heterocycles. The molecule has 3 rings (SSSR count). The monoisotopic (exact) mass is 350 g/mol. The predicted molar refractivity (Wildman–Crippen MR) is 82.9 cm³/mol. The van der Waals surface area contributed by atoms with Crippen LogP contribution >= 0.6 is 0 Å². The second-order valence-electron chi connectivity index (χ2n) is 5.35. The van der Waals surface area contributed by atoms with Crippen molar-refractivity contribution in [1.82, 2.24) is 9.97 Å². The number of rotatable bonds is 2. The fourth-order valence-corrected chi connectivity index (χ4v) is 2.67. The van der Waals surface area contributed by atoms with Crippen molar-refractivity contribution in [1.29, 1.82) is 0 Å². The van der Waals surface area contributed by atoms with Crippen LogP contribution in [0, 0.1) is 12.9 Å². The van der Waals surface area contributed by atoms with Crippen molar-refractivity contribution >= 4 is 17.2 Å². The summed E-state index contributed by atoms with van der Waals surface area (Å²) < 4.78 is 54.0. The first kappa shape index (κ1) is 16.8. The molecule has 128 valence electrons. The van der Waals surface area contributed by atoms with Crippen LogP contribution in [0.15, 0.2) is 35.1 Å². The number of aromatic nitrogens is 2. The van der Waals surface area contributed by atoms with Crippen LogP contribution in [0.3, 0.4) is 0 Å². The van der Waals surface area contributed by atoms with E-state index in [1.54, 1.807) is 18.2 Å². The Bertz CT molecular complexity index is 1040. The van der Waals surface area contributed by atoms with Gasteiger partial charge in [0.2, 0.25) is 11.4 Å². The van der Waals surface area contributed by atoms with Gasteiger partial charge in [0.05, 0.1) is 22.2 Å². The van der Waals surface area contributed by atoms with Crippen molar-refractivity contribution in [2.45, 2.75) is 13.1 Å². The molecule has 0 unspecified atom stereocenters. The summed E-state index contributed by atoms with van der Waals surface area (Å²) in [5.74, 6) is -1.74. The first-order chi connectivity index (χ1) is 11.8. The average Bonchev–Trinajstić information content (AvgIpc) is 2.53. The molecule has 0 spiro atoms. The minimum absolute atomic E-state index is 0.0809. The van der Waals surface area contributed by atoms with Crippen molar-refractivity contribution in [2.24, 2.45) is 0 Å². The summed E-state index contributed by atoms with van der Waals surface area (Å²) in [6.45, 7) is 1.27. The SMILES string of the molecule is Cc1[nH]c2c(C(F)(F)F)c(F)nc(-c3ccccc3)c2c(=O)c1C=O. The molecule has 8 heteroatoms. The lowest BCUT2D eigenvalue weighted by Gasteiger charge is -2.15. The molecule has 25 heavy (non-hydrogen) atoms. The van der Waals surface area contributed by atoms with Crippen molar-refractivity contribution < 1.29 is 22.4 Å². The number of hydrogen-bond acceptors (Lipinski definition) is 3. The van der Waals surface area contributed by atoms with Crippen LogP contribution in [-0.2, 0) is 6.18 Å². The molecule has 2 aromatic heterocycles. The van der Waals surface area contributed by atoms with Gasteiger partial charge in [-0.2, -0.15) is 17.6 Å². The van der Waals surface area contributed by atoms with Crippen LogP contribution in [-0.4, -0.2) is 16.3 Å². The molecule has 0 bridgehead atoms. The van der Waals surface area contributed by atoms with Crippen LogP contribution in [0.25, 0.3) is 22.2 Å². The largest absolute Gasteiger partial charge is 0.422 e. The van der Waals surface area contributed by atoms with Crippen LogP contribution in [0.5, 0.6) is 0 Å². The van der Waals surface area contributed by atoms with Crippen molar-refractivity contribution in [2.75, 3.05) is 0 Å². The molecule has 0 saturated carbocycles. The van der Waals surface area contributed by atoms with Gasteiger partial charge in [-0.05, 0) is 6.92 Å². The summed E-state index contributed by atoms with van der Waals surface area (Å²) in [5.41, 5.74) is -3.74. The summed E-state index contributed by atoms with van der Waals surface area (Å²) in [6, 6.07) is 7.75. The Morgan fingerprint density at radius 2 is 1.80 bits per heavy atom. The Labute approximate surface area is 138 Å². The summed E-state index contributed by atoms with van der Waals surface area (Å²) in [5, 5.41) is -0.479. The van der Waals surface area contributed by atoms with Crippen molar-refractivity contribution in [3.8, 4) is 11.3 Å². The van der Waals surface area contributed by atoms with Crippen molar-refractivity contribution in [3.05, 3.63) is 63.3 Å². The van der Waals surface area contributed by atoms with Gasteiger partial charge in [0.15, 0.2) is 6.29 Å². The lowest BCUT2D eigenvalue weighted by molar-refractivity contribution is -0.139. The maximum Gasteiger partial charge on any atom is 0.422 e. The van der Waals surface area contributed by atoms with E-state index >= 15 is 0 Å². The van der Waals surface area contributed by atoms with Gasteiger partial charge < -0.3 is 4.98 Å². The Morgan fingerprint density at radius 3 is 2.36 bits per heavy atom. The number of pyridine rings is 2. The maximum atomic E-state index is 14.2. The molecule has 3 aromatic rings. The fourth-order valence-electron chi connectivity index (χ4n) is 2.67. The van der Waals surface area contributed by atoms with Gasteiger partial charge >= 0.3 is 6.18 Å². The van der Waals surface area contributed by atoms with Crippen LogP contribution < -0.4 is 5.43 Å². The van der Waals surface area contributed by atoms with Gasteiger partial charge in [0.25, 0.3) is 0 Å². The zero-order chi connectivity index (χ0) is 18.4. The van der Waals surface area contributed by atoms with Gasteiger partial charge in [-0.1, -0.05) is 30.3 Å². The molecule has 1 aromatic carbocycles. The Hall–Kier alpha value is -3.03. The lowest BCUT2D eigenvalue weighted by atomic mass is 10.0. The number of nitrogens with zero attached hydrogens (tertiary/aromatic N) is 1. The minimum atomic E-state index is -5.07. The van der Waals surface area contributed by atoms with Crippen LogP contribution in [0.2, 0.25) is 0 Å². The van der Waals surface area contributed by atoms with E-state index < -0.39 is 34.0 Å². The fraction of sp³-hybridized carbons (Fsp3) is 0.118. The topological polar surface area (TPSA) is 62.8 Å². The van der Waals surface area contributed by atoms with Gasteiger partial charge in [-0.15, -0.1) is 0 Å². The number of halogens is 4.